The number of ether oxygens (including phenoxy) is 2. The Kier molecular flexibility index (Phi) is 30.5. The fraction of sp³-hybridized carbons (Fsp3) is 0.450. The number of aromatic nitrogens is 20. The molecule has 0 amide bonds. The van der Waals surface area contributed by atoms with Crippen molar-refractivity contribution in [3.63, 3.8) is 0 Å². The van der Waals surface area contributed by atoms with E-state index in [2.05, 4.69) is 101 Å². The van der Waals surface area contributed by atoms with E-state index in [1.807, 2.05) is 54.2 Å². The predicted octanol–water partition coefficient (Wildman–Crippen LogP) is 18.8. The number of benzene rings is 1. The standard InChI is InChI=1S/C21H24Cl2N6.2C21H23F3N6OS.C21H23F3N6S.C16H17ClFN7S/c22-14-4-1-3-13(17(14)23)16-18(25)27-20(29-12-9-26-19(16)29)28-10-7-21(8-11-28)6-2-5-15(21)24;1-13-17(25)20(12-31-13)3-7-29(8-4-20)19-28-11-16(18-27-6-9-30(18)19)32-15-2-5-26-10-14(15)21(22,23)24;1-13-16(25)20(12-31-13)4-8-29(9-5-20)19-28-11-15(18-27-7-10-30(18)19)32-14-3-2-6-26-17(14)21(22,23)24;22-21(23,24)17-14(3-2-8-26-17)31-15-13-28-19(30-12-9-27-18(15)30)29-10-6-20(7-11-29)5-1-4-16(20)25;1-16(19)3-6-24(7-4-16)15-21-8-11(14-23-22-9-25(14)15)26-10-2-5-20-13(18)12(10)17/h1,3-4,9,12,15H,2,5-8,10-11,24-25H2;2,5-6,9-11,13,17H,3-4,7-8,12,25H2,1H3;2-3,6-7,10-11,13,16H,4-5,8-9,12,25H2,1H3;2-3,8-9,12-13,16H,1,4-7,10-11,25H2;2,5,8-9H,3-4,6-7,19H2,1H3/t15-;13-,17+;13-,16+;16-;/m1001./s1. The van der Waals surface area contributed by atoms with Gasteiger partial charge in [0.1, 0.15) is 17.2 Å². The normalized spacial score (nSPS) is 21.4. The quantitative estimate of drug-likeness (QED) is 0.0435. The minimum Gasteiger partial charge on any atom is -0.383 e. The van der Waals surface area contributed by atoms with Crippen molar-refractivity contribution in [1.29, 1.82) is 0 Å². The number of imidazole rings is 4. The van der Waals surface area contributed by atoms with Crippen molar-refractivity contribution in [1.82, 2.24) is 97.0 Å². The molecule has 12 N–H and O–H groups in total. The summed E-state index contributed by atoms with van der Waals surface area (Å²) in [5, 5.41) is 9.13. The number of piperidine rings is 5. The van der Waals surface area contributed by atoms with Gasteiger partial charge in [0.05, 0.1) is 66.2 Å². The van der Waals surface area contributed by atoms with Gasteiger partial charge in [0.2, 0.25) is 35.7 Å². The summed E-state index contributed by atoms with van der Waals surface area (Å²) in [6.45, 7) is 15.8. The fourth-order valence-corrected chi connectivity index (χ4v) is 26.7. The van der Waals surface area contributed by atoms with Crippen LogP contribution in [0.5, 0.6) is 0 Å². The number of nitrogen functional groups attached to an aromatic ring is 1. The first kappa shape index (κ1) is 106. The summed E-state index contributed by atoms with van der Waals surface area (Å²) in [6.07, 6.45) is 31.3. The molecule has 7 saturated heterocycles. The molecule has 4 spiro atoms. The Morgan fingerprint density at radius 2 is 0.793 bits per heavy atom. The molecule has 9 aliphatic rings. The van der Waals surface area contributed by atoms with Crippen molar-refractivity contribution >= 4 is 146 Å². The van der Waals surface area contributed by atoms with Gasteiger partial charge < -0.3 is 68.4 Å². The van der Waals surface area contributed by atoms with Crippen molar-refractivity contribution < 1.29 is 53.4 Å². The van der Waals surface area contributed by atoms with Crippen molar-refractivity contribution in [2.24, 2.45) is 50.3 Å². The molecule has 21 heterocycles. The third-order valence-corrected chi connectivity index (χ3v) is 36.6. The van der Waals surface area contributed by atoms with Crippen LogP contribution in [0.15, 0.2) is 205 Å². The average Bonchev–Trinajstić information content (AvgIpc) is 1.50. The molecule has 14 aromatic heterocycles. The second-order valence-corrected chi connectivity index (χ2v) is 45.5. The Bertz CT molecular complexity index is 7190. The number of anilines is 6. The van der Waals surface area contributed by atoms with Crippen LogP contribution >= 0.6 is 81.9 Å². The molecule has 24 rings (SSSR count). The highest BCUT2D eigenvalue weighted by Gasteiger charge is 2.52. The van der Waals surface area contributed by atoms with E-state index in [0.29, 0.717) is 88.3 Å². The van der Waals surface area contributed by atoms with Crippen LogP contribution in [0, 0.1) is 27.6 Å². The van der Waals surface area contributed by atoms with Crippen LogP contribution in [0.4, 0.5) is 79.5 Å². The van der Waals surface area contributed by atoms with Gasteiger partial charge in [0, 0.05) is 236 Å². The Morgan fingerprint density at radius 3 is 1.22 bits per heavy atom. The Hall–Kier alpha value is -11.1. The van der Waals surface area contributed by atoms with E-state index in [9.17, 15) is 43.9 Å². The highest BCUT2D eigenvalue weighted by atomic mass is 35.5. The first-order valence-corrected chi connectivity index (χ1v) is 53.9. The third kappa shape index (κ3) is 21.4. The first-order chi connectivity index (χ1) is 71.9. The molecule has 9 fully saturated rings. The smallest absolute Gasteiger partial charge is 0.383 e. The summed E-state index contributed by atoms with van der Waals surface area (Å²) in [4.78, 5) is 69.3. The second-order valence-electron chi connectivity index (χ2n) is 40.0. The second kappa shape index (κ2) is 43.1. The predicted molar refractivity (Wildman–Crippen MR) is 556 cm³/mol. The first-order valence-electron chi connectivity index (χ1n) is 49.5. The molecule has 50 heteroatoms. The van der Waals surface area contributed by atoms with Gasteiger partial charge in [-0.2, -0.15) is 48.9 Å². The van der Waals surface area contributed by atoms with Gasteiger partial charge in [0.15, 0.2) is 39.6 Å². The molecule has 15 aromatic rings. The molecule has 1 aromatic carbocycles. The monoisotopic (exact) mass is 2200 g/mol. The van der Waals surface area contributed by atoms with Crippen LogP contribution in [-0.2, 0) is 28.0 Å². The lowest BCUT2D eigenvalue weighted by molar-refractivity contribution is -0.144. The number of hydrogen-bond donors (Lipinski definition) is 6. The fourth-order valence-electron chi connectivity index (χ4n) is 22.2. The number of alkyl halides is 9. The molecule has 2 aliphatic carbocycles. The number of nitrogens with zero attached hydrogens (tertiary/aromatic N) is 25. The maximum atomic E-state index is 13.6. The number of halogens is 13. The van der Waals surface area contributed by atoms with Crippen molar-refractivity contribution in [3.05, 3.63) is 204 Å². The summed E-state index contributed by atoms with van der Waals surface area (Å²) in [5.41, 5.74) is 40.7. The molecule has 6 atom stereocenters. The highest BCUT2D eigenvalue weighted by Crippen LogP contribution is 2.53. The molecule has 0 bridgehead atoms. The molecular weight excluding hydrogens is 2090 g/mol. The van der Waals surface area contributed by atoms with Gasteiger partial charge in [-0.25, -0.2) is 49.3 Å². The van der Waals surface area contributed by atoms with Crippen LogP contribution in [-0.4, -0.2) is 218 Å². The molecule has 2 saturated carbocycles. The number of pyridine rings is 4. The van der Waals surface area contributed by atoms with Crippen LogP contribution in [0.1, 0.15) is 140 Å². The Labute approximate surface area is 887 Å². The minimum atomic E-state index is -4.53. The van der Waals surface area contributed by atoms with Gasteiger partial charge in [-0.3, -0.25) is 32.6 Å². The zero-order chi connectivity index (χ0) is 105. The molecule has 792 valence electrons. The number of fused-ring (bicyclic) bond motifs is 5. The molecule has 7 aliphatic heterocycles. The maximum absolute atomic E-state index is 13.6. The molecule has 0 radical (unpaired) electrons. The molecular formula is C100H110Cl3F10N31O2S4. The Balaban J connectivity index is 0.000000114. The highest BCUT2D eigenvalue weighted by molar-refractivity contribution is 8.00. The molecule has 0 unspecified atom stereocenters. The Morgan fingerprint density at radius 1 is 0.393 bits per heavy atom. The lowest BCUT2D eigenvalue weighted by atomic mass is 9.73. The number of nitrogens with two attached hydrogens (primary N) is 6. The van der Waals surface area contributed by atoms with Crippen LogP contribution < -0.4 is 58.9 Å². The molecule has 33 nitrogen and oxygen atoms in total. The van der Waals surface area contributed by atoms with E-state index in [-0.39, 0.29) is 71.8 Å². The topological polar surface area (TPSA) is 406 Å². The van der Waals surface area contributed by atoms with Crippen molar-refractivity contribution in [2.75, 3.05) is 109 Å². The van der Waals surface area contributed by atoms with E-state index in [1.54, 1.807) is 86.6 Å². The average molecular weight is 2200 g/mol. The van der Waals surface area contributed by atoms with Crippen LogP contribution in [0.3, 0.4) is 0 Å². The van der Waals surface area contributed by atoms with Gasteiger partial charge in [0.25, 0.3) is 0 Å². The minimum absolute atomic E-state index is 0.00486. The summed E-state index contributed by atoms with van der Waals surface area (Å²) in [5.74, 6) is 3.51. The zero-order valence-electron chi connectivity index (χ0n) is 81.9. The van der Waals surface area contributed by atoms with Gasteiger partial charge in [-0.15, -0.1) is 10.2 Å². The van der Waals surface area contributed by atoms with Crippen molar-refractivity contribution in [3.8, 4) is 11.1 Å². The van der Waals surface area contributed by atoms with E-state index in [4.69, 9.17) is 83.7 Å². The van der Waals surface area contributed by atoms with E-state index >= 15 is 0 Å². The lowest BCUT2D eigenvalue weighted by Gasteiger charge is -2.42. The SMILES string of the molecule is CC1(N)CCN(c2ncc(Sc3ccnc(F)c3Cl)c3nncn23)CC1.C[C@@H]1OCC2(CCN(c3ncc(Sc4cccnc4C(F)(F)F)c4nccn34)CC2)[C@@H]1N.C[C@@H]1OCC2(CCN(c3ncc(Sc4ccncc4C(F)(F)F)c4nccn34)CC2)[C@@H]1N.N[C@@H]1CCCC12CCN(c1ncc(Sc3cccnc3C(F)(F)F)c3nccn13)CC2.Nc1nc(N2CCC3(CCC[C@H]3N)CC2)n2ccnc2c1-c1cccc(Cl)c1Cl. The van der Waals surface area contributed by atoms with E-state index in [0.717, 1.165) is 242 Å². The third-order valence-electron chi connectivity index (χ3n) is 31.0. The summed E-state index contributed by atoms with van der Waals surface area (Å²) >= 11 is 22.9. The van der Waals surface area contributed by atoms with Crippen LogP contribution in [0.2, 0.25) is 15.1 Å². The van der Waals surface area contributed by atoms with E-state index < -0.39 is 41.4 Å². The van der Waals surface area contributed by atoms with Crippen LogP contribution in [0.25, 0.3) is 39.4 Å². The summed E-state index contributed by atoms with van der Waals surface area (Å²) in [6, 6.07) is 15.0. The maximum Gasteiger partial charge on any atom is 0.434 e. The van der Waals surface area contributed by atoms with Gasteiger partial charge in [-0.1, -0.05) is 107 Å². The number of rotatable bonds is 14. The summed E-state index contributed by atoms with van der Waals surface area (Å²) < 4.78 is 155. The van der Waals surface area contributed by atoms with E-state index in [1.165, 1.54) is 80.2 Å². The largest absolute Gasteiger partial charge is 0.434 e. The van der Waals surface area contributed by atoms with Gasteiger partial charge in [-0.05, 0) is 164 Å². The molecule has 150 heavy (non-hydrogen) atoms. The number of hydrogen-bond acceptors (Lipinski definition) is 32. The zero-order valence-corrected chi connectivity index (χ0v) is 87.4. The summed E-state index contributed by atoms with van der Waals surface area (Å²) in [7, 11) is 0. The lowest BCUT2D eigenvalue weighted by Crippen LogP contribution is -2.51. The van der Waals surface area contributed by atoms with Gasteiger partial charge >= 0.3 is 18.5 Å². The van der Waals surface area contributed by atoms with Crippen molar-refractivity contribution in [2.45, 2.75) is 223 Å².